The van der Waals surface area contributed by atoms with E-state index in [2.05, 4.69) is 10.3 Å². The van der Waals surface area contributed by atoms with Gasteiger partial charge in [-0.3, -0.25) is 10.1 Å². The highest BCUT2D eigenvalue weighted by Crippen LogP contribution is 2.36. The van der Waals surface area contributed by atoms with Crippen LogP contribution >= 0.6 is 11.3 Å². The molecular formula is C13H16N4O2S. The molecule has 0 atom stereocenters. The molecule has 2 heterocycles. The number of hydrogen-bond donors (Lipinski definition) is 2. The smallest absolute Gasteiger partial charge is 0.311 e. The molecule has 1 fully saturated rings. The van der Waals surface area contributed by atoms with Crippen molar-refractivity contribution in [3.63, 3.8) is 0 Å². The average molecular weight is 292 g/mol. The van der Waals surface area contributed by atoms with Gasteiger partial charge in [-0.1, -0.05) is 0 Å². The second kappa shape index (κ2) is 5.34. The largest absolute Gasteiger partial charge is 0.375 e. The van der Waals surface area contributed by atoms with Crippen molar-refractivity contribution in [3.05, 3.63) is 27.8 Å². The maximum absolute atomic E-state index is 11.2. The second-order valence-electron chi connectivity index (χ2n) is 5.17. The van der Waals surface area contributed by atoms with Crippen LogP contribution < -0.4 is 11.1 Å². The Morgan fingerprint density at radius 1 is 1.40 bits per heavy atom. The van der Waals surface area contributed by atoms with Gasteiger partial charge in [-0.2, -0.15) is 0 Å². The molecule has 3 N–H and O–H groups in total. The van der Waals surface area contributed by atoms with Gasteiger partial charge in [0.2, 0.25) is 0 Å². The van der Waals surface area contributed by atoms with Crippen LogP contribution in [0, 0.1) is 10.1 Å². The van der Waals surface area contributed by atoms with Gasteiger partial charge in [0.1, 0.15) is 11.9 Å². The molecule has 20 heavy (non-hydrogen) atoms. The van der Waals surface area contributed by atoms with E-state index in [-0.39, 0.29) is 22.7 Å². The molecule has 1 aliphatic rings. The van der Waals surface area contributed by atoms with E-state index < -0.39 is 0 Å². The molecule has 106 valence electrons. The van der Waals surface area contributed by atoms with E-state index in [1.807, 2.05) is 11.4 Å². The van der Waals surface area contributed by atoms with Crippen molar-refractivity contribution in [2.75, 3.05) is 5.32 Å². The van der Waals surface area contributed by atoms with Gasteiger partial charge in [-0.15, -0.1) is 11.3 Å². The molecule has 0 radical (unpaired) electrons. The molecule has 0 saturated heterocycles. The summed E-state index contributed by atoms with van der Waals surface area (Å²) in [4.78, 5) is 15.0. The fourth-order valence-electron chi connectivity index (χ4n) is 2.65. The third-order valence-corrected chi connectivity index (χ3v) is 4.69. The predicted octanol–water partition coefficient (Wildman–Crippen LogP) is 2.89. The average Bonchev–Trinajstić information content (AvgIpc) is 2.90. The summed E-state index contributed by atoms with van der Waals surface area (Å²) in [5, 5.41) is 16.5. The number of thiophene rings is 1. The van der Waals surface area contributed by atoms with E-state index in [0.29, 0.717) is 5.69 Å². The Morgan fingerprint density at radius 2 is 2.15 bits per heavy atom. The molecule has 1 aliphatic carbocycles. The van der Waals surface area contributed by atoms with E-state index in [1.54, 1.807) is 0 Å². The number of nitrogens with zero attached hydrogens (tertiary/aromatic N) is 2. The molecule has 2 aromatic rings. The number of pyridine rings is 1. The number of nitrogens with one attached hydrogen (secondary N) is 1. The van der Waals surface area contributed by atoms with E-state index in [9.17, 15) is 10.1 Å². The van der Waals surface area contributed by atoms with Crippen LogP contribution in [-0.2, 0) is 0 Å². The van der Waals surface area contributed by atoms with Crippen molar-refractivity contribution in [1.29, 1.82) is 0 Å². The van der Waals surface area contributed by atoms with Crippen molar-refractivity contribution < 1.29 is 4.92 Å². The van der Waals surface area contributed by atoms with Crippen molar-refractivity contribution in [2.24, 2.45) is 5.73 Å². The van der Waals surface area contributed by atoms with E-state index in [0.717, 1.165) is 35.9 Å². The zero-order valence-electron chi connectivity index (χ0n) is 10.9. The molecule has 2 aromatic heterocycles. The first-order chi connectivity index (χ1) is 9.65. The van der Waals surface area contributed by atoms with Gasteiger partial charge in [0.15, 0.2) is 0 Å². The second-order valence-corrected chi connectivity index (χ2v) is 6.08. The zero-order chi connectivity index (χ0) is 14.1. The Labute approximate surface area is 120 Å². The lowest BCUT2D eigenvalue weighted by Gasteiger charge is -2.27. The van der Waals surface area contributed by atoms with Gasteiger partial charge in [-0.25, -0.2) is 4.98 Å². The maximum Gasteiger partial charge on any atom is 0.311 e. The topological polar surface area (TPSA) is 94.1 Å². The summed E-state index contributed by atoms with van der Waals surface area (Å²) in [6.07, 6.45) is 5.17. The normalized spacial score (nSPS) is 22.9. The Hall–Kier alpha value is -1.73. The number of hydrogen-bond acceptors (Lipinski definition) is 6. The minimum absolute atomic E-state index is 0.0508. The van der Waals surface area contributed by atoms with Crippen LogP contribution in [0.5, 0.6) is 0 Å². The Kier molecular flexibility index (Phi) is 3.54. The van der Waals surface area contributed by atoms with Crippen molar-refractivity contribution >= 4 is 32.9 Å². The van der Waals surface area contributed by atoms with Crippen LogP contribution in [0.15, 0.2) is 17.6 Å². The Bertz CT molecular complexity index is 634. The van der Waals surface area contributed by atoms with Gasteiger partial charge in [0.25, 0.3) is 0 Å². The number of nitrogens with two attached hydrogens (primary N) is 1. The molecule has 0 amide bonds. The fraction of sp³-hybridized carbons (Fsp3) is 0.462. The minimum Gasteiger partial charge on any atom is -0.375 e. The zero-order valence-corrected chi connectivity index (χ0v) is 11.7. The van der Waals surface area contributed by atoms with E-state index in [1.165, 1.54) is 17.5 Å². The monoisotopic (exact) mass is 292 g/mol. The van der Waals surface area contributed by atoms with Crippen LogP contribution in [0.3, 0.4) is 0 Å². The molecule has 0 unspecified atom stereocenters. The standard InChI is InChI=1S/C13H16N4O2S/c14-8-1-3-9(4-2-8)16-12-11(17(18)19)7-15-10-5-6-20-13(10)12/h5-9H,1-4,14H2,(H,15,16). The quantitative estimate of drug-likeness (QED) is 0.670. The first kappa shape index (κ1) is 13.3. The molecule has 3 rings (SSSR count). The summed E-state index contributed by atoms with van der Waals surface area (Å²) >= 11 is 1.48. The molecule has 1 saturated carbocycles. The van der Waals surface area contributed by atoms with Gasteiger partial charge >= 0.3 is 5.69 Å². The summed E-state index contributed by atoms with van der Waals surface area (Å²) in [7, 11) is 0. The first-order valence-corrected chi connectivity index (χ1v) is 7.56. The predicted molar refractivity (Wildman–Crippen MR) is 80.1 cm³/mol. The molecule has 0 aliphatic heterocycles. The van der Waals surface area contributed by atoms with Crippen LogP contribution in [-0.4, -0.2) is 22.0 Å². The van der Waals surface area contributed by atoms with Gasteiger partial charge < -0.3 is 11.1 Å². The summed E-state index contributed by atoms with van der Waals surface area (Å²) in [6, 6.07) is 2.40. The van der Waals surface area contributed by atoms with Gasteiger partial charge in [0.05, 0.1) is 15.1 Å². The molecule has 0 aromatic carbocycles. The summed E-state index contributed by atoms with van der Waals surface area (Å²) < 4.78 is 0.856. The summed E-state index contributed by atoms with van der Waals surface area (Å²) in [5.74, 6) is 0. The summed E-state index contributed by atoms with van der Waals surface area (Å²) in [5.41, 5.74) is 7.36. The summed E-state index contributed by atoms with van der Waals surface area (Å²) in [6.45, 7) is 0. The van der Waals surface area contributed by atoms with Crippen LogP contribution in [0.1, 0.15) is 25.7 Å². The molecule has 0 spiro atoms. The number of rotatable bonds is 3. The third kappa shape index (κ3) is 2.46. The lowest BCUT2D eigenvalue weighted by Crippen LogP contribution is -2.33. The molecule has 6 nitrogen and oxygen atoms in total. The minimum atomic E-state index is -0.372. The lowest BCUT2D eigenvalue weighted by molar-refractivity contribution is -0.384. The number of aromatic nitrogens is 1. The number of anilines is 1. The van der Waals surface area contributed by atoms with Crippen LogP contribution in [0.25, 0.3) is 10.2 Å². The Balaban J connectivity index is 1.94. The SMILES string of the molecule is NC1CCC(Nc2c([N+](=O)[O-])cnc3ccsc23)CC1. The number of fused-ring (bicyclic) bond motifs is 1. The van der Waals surface area contributed by atoms with Crippen LogP contribution in [0.4, 0.5) is 11.4 Å². The van der Waals surface area contributed by atoms with Crippen molar-refractivity contribution in [2.45, 2.75) is 37.8 Å². The number of nitro groups is 1. The first-order valence-electron chi connectivity index (χ1n) is 6.68. The van der Waals surface area contributed by atoms with Crippen molar-refractivity contribution in [3.8, 4) is 0 Å². The maximum atomic E-state index is 11.2. The molecular weight excluding hydrogens is 276 g/mol. The fourth-order valence-corrected chi connectivity index (χ4v) is 3.50. The van der Waals surface area contributed by atoms with Crippen molar-refractivity contribution in [1.82, 2.24) is 4.98 Å². The Morgan fingerprint density at radius 3 is 2.85 bits per heavy atom. The van der Waals surface area contributed by atoms with Gasteiger partial charge in [0, 0.05) is 12.1 Å². The highest BCUT2D eigenvalue weighted by atomic mass is 32.1. The third-order valence-electron chi connectivity index (χ3n) is 3.77. The van der Waals surface area contributed by atoms with Gasteiger partial charge in [-0.05, 0) is 37.1 Å². The highest BCUT2D eigenvalue weighted by molar-refractivity contribution is 7.17. The highest BCUT2D eigenvalue weighted by Gasteiger charge is 2.24. The molecule has 7 heteroatoms. The van der Waals surface area contributed by atoms with E-state index >= 15 is 0 Å². The molecule has 0 bridgehead atoms. The van der Waals surface area contributed by atoms with E-state index in [4.69, 9.17) is 5.73 Å². The lowest BCUT2D eigenvalue weighted by atomic mass is 9.91. The van der Waals surface area contributed by atoms with Crippen LogP contribution in [0.2, 0.25) is 0 Å².